The van der Waals surface area contributed by atoms with Crippen molar-refractivity contribution < 1.29 is 4.79 Å². The lowest BCUT2D eigenvalue weighted by atomic mass is 9.93. The van der Waals surface area contributed by atoms with Crippen LogP contribution in [-0.2, 0) is 6.54 Å². The molecule has 0 atom stereocenters. The Labute approximate surface area is 227 Å². The Kier molecular flexibility index (Phi) is 6.59. The van der Waals surface area contributed by atoms with Crippen molar-refractivity contribution >= 4 is 33.3 Å². The molecule has 0 radical (unpaired) electrons. The van der Waals surface area contributed by atoms with Crippen LogP contribution in [0.2, 0.25) is 0 Å². The van der Waals surface area contributed by atoms with Crippen molar-refractivity contribution in [2.75, 3.05) is 18.4 Å². The van der Waals surface area contributed by atoms with Gasteiger partial charge in [-0.15, -0.1) is 5.10 Å². The monoisotopic (exact) mass is 571 g/mol. The molecule has 1 aliphatic heterocycles. The summed E-state index contributed by atoms with van der Waals surface area (Å²) < 4.78 is 2.65. The zero-order chi connectivity index (χ0) is 26.1. The molecule has 1 amide bonds. The van der Waals surface area contributed by atoms with Crippen molar-refractivity contribution in [3.63, 3.8) is 0 Å². The van der Waals surface area contributed by atoms with Crippen LogP contribution in [-0.4, -0.2) is 58.5 Å². The lowest BCUT2D eigenvalue weighted by Crippen LogP contribution is -2.38. The molecular weight excluding hydrogens is 546 g/mol. The van der Waals surface area contributed by atoms with E-state index in [1.165, 1.54) is 4.80 Å². The maximum atomic E-state index is 13.3. The first-order valence-electron chi connectivity index (χ1n) is 12.5. The summed E-state index contributed by atoms with van der Waals surface area (Å²) in [4.78, 5) is 25.8. The van der Waals surface area contributed by atoms with Crippen LogP contribution in [0.4, 0.5) is 5.82 Å². The van der Waals surface area contributed by atoms with E-state index in [0.717, 1.165) is 45.7 Å². The average molecular weight is 572 g/mol. The number of hydrogen-bond donors (Lipinski definition) is 1. The van der Waals surface area contributed by atoms with Crippen LogP contribution in [0.3, 0.4) is 0 Å². The number of likely N-dealkylation sites (tertiary alicyclic amines) is 1. The van der Waals surface area contributed by atoms with Gasteiger partial charge in [-0.25, -0.2) is 4.98 Å². The molecule has 4 aromatic heterocycles. The molecule has 1 aromatic carbocycles. The van der Waals surface area contributed by atoms with Crippen molar-refractivity contribution in [2.24, 2.45) is 0 Å². The van der Waals surface area contributed by atoms with E-state index in [1.807, 2.05) is 60.5 Å². The Morgan fingerprint density at radius 2 is 1.89 bits per heavy atom. The van der Waals surface area contributed by atoms with Gasteiger partial charge in [0.25, 0.3) is 5.91 Å². The second-order valence-electron chi connectivity index (χ2n) is 9.33. The highest BCUT2D eigenvalue weighted by atomic mass is 79.9. The number of hydrogen-bond acceptors (Lipinski definition) is 7. The van der Waals surface area contributed by atoms with Gasteiger partial charge in [-0.2, -0.15) is 19.5 Å². The number of nitrogens with one attached hydrogen (secondary N) is 1. The van der Waals surface area contributed by atoms with Gasteiger partial charge in [-0.05, 0) is 59.5 Å². The van der Waals surface area contributed by atoms with Crippen molar-refractivity contribution in [3.05, 3.63) is 94.2 Å². The number of anilines is 1. The van der Waals surface area contributed by atoms with Crippen LogP contribution in [0.1, 0.15) is 46.2 Å². The van der Waals surface area contributed by atoms with E-state index in [9.17, 15) is 4.79 Å². The fourth-order valence-corrected chi connectivity index (χ4v) is 5.11. The molecule has 5 aromatic rings. The number of aryl methyl sites for hydroxylation is 1. The van der Waals surface area contributed by atoms with Crippen molar-refractivity contribution in [1.82, 2.24) is 39.5 Å². The van der Waals surface area contributed by atoms with E-state index in [0.29, 0.717) is 31.0 Å². The number of benzene rings is 1. The maximum Gasteiger partial charge on any atom is 0.276 e. The van der Waals surface area contributed by atoms with Gasteiger partial charge in [0.15, 0.2) is 11.3 Å². The summed E-state index contributed by atoms with van der Waals surface area (Å²) in [5.74, 6) is 1.01. The first-order chi connectivity index (χ1) is 18.6. The second-order valence-corrected chi connectivity index (χ2v) is 10.2. The Morgan fingerprint density at radius 3 is 2.66 bits per heavy atom. The quantitative estimate of drug-likeness (QED) is 0.321. The minimum absolute atomic E-state index is 0.0797. The molecule has 192 valence electrons. The van der Waals surface area contributed by atoms with E-state index < -0.39 is 0 Å². The summed E-state index contributed by atoms with van der Waals surface area (Å²) in [5, 5.41) is 16.9. The molecule has 0 unspecified atom stereocenters. The highest BCUT2D eigenvalue weighted by molar-refractivity contribution is 9.10. The summed E-state index contributed by atoms with van der Waals surface area (Å²) >= 11 is 3.58. The summed E-state index contributed by atoms with van der Waals surface area (Å²) in [7, 11) is 0. The van der Waals surface area contributed by atoms with Crippen LogP contribution < -0.4 is 5.32 Å². The zero-order valence-electron chi connectivity index (χ0n) is 20.8. The summed E-state index contributed by atoms with van der Waals surface area (Å²) in [6.45, 7) is 3.72. The maximum absolute atomic E-state index is 13.3. The number of carbonyl (C=O) groups excluding carboxylic acids is 1. The predicted molar refractivity (Wildman–Crippen MR) is 146 cm³/mol. The normalized spacial score (nSPS) is 14.2. The summed E-state index contributed by atoms with van der Waals surface area (Å²) in [5.41, 5.74) is 4.69. The molecule has 0 aliphatic carbocycles. The molecule has 6 rings (SSSR count). The number of rotatable bonds is 6. The third kappa shape index (κ3) is 4.76. The first-order valence-corrected chi connectivity index (χ1v) is 13.3. The molecule has 1 N–H and O–H groups in total. The highest BCUT2D eigenvalue weighted by Crippen LogP contribution is 2.31. The third-order valence-electron chi connectivity index (χ3n) is 6.82. The van der Waals surface area contributed by atoms with Gasteiger partial charge < -0.3 is 10.2 Å². The van der Waals surface area contributed by atoms with Gasteiger partial charge in [0, 0.05) is 49.7 Å². The molecule has 1 saturated heterocycles. The highest BCUT2D eigenvalue weighted by Gasteiger charge is 2.29. The number of nitrogens with zero attached hydrogens (tertiary/aromatic N) is 8. The Bertz CT molecular complexity index is 1570. The topological polar surface area (TPSA) is 106 Å². The molecule has 38 heavy (non-hydrogen) atoms. The van der Waals surface area contributed by atoms with Gasteiger partial charge in [0.2, 0.25) is 0 Å². The molecule has 10 nitrogen and oxygen atoms in total. The van der Waals surface area contributed by atoms with Gasteiger partial charge in [0.05, 0.1) is 22.1 Å². The second kappa shape index (κ2) is 10.3. The average Bonchev–Trinajstić information content (AvgIpc) is 3.55. The van der Waals surface area contributed by atoms with Crippen molar-refractivity contribution in [3.8, 4) is 5.69 Å². The van der Waals surface area contributed by atoms with Gasteiger partial charge >= 0.3 is 0 Å². The van der Waals surface area contributed by atoms with E-state index in [4.69, 9.17) is 4.98 Å². The largest absolute Gasteiger partial charge is 0.366 e. The van der Waals surface area contributed by atoms with Gasteiger partial charge in [0.1, 0.15) is 5.82 Å². The van der Waals surface area contributed by atoms with E-state index in [2.05, 4.69) is 47.6 Å². The molecule has 1 aliphatic rings. The Balaban J connectivity index is 1.18. The molecule has 11 heteroatoms. The standard InChI is InChI=1S/C27H26BrN9O/c1-18-25(34-37(33-18)21-7-3-2-4-8-21)27(38)35-12-9-20(10-13-35)23-14-24(30-16-19-6-5-11-29-15-19)36-26(32-23)22(28)17-31-36/h2-8,11,14-15,17,20,30H,9-10,12-13,16H2,1H3. The minimum atomic E-state index is -0.0797. The Morgan fingerprint density at radius 1 is 1.08 bits per heavy atom. The molecular formula is C27H26BrN9O. The number of piperidine rings is 1. The van der Waals surface area contributed by atoms with Gasteiger partial charge in [-0.3, -0.25) is 9.78 Å². The summed E-state index contributed by atoms with van der Waals surface area (Å²) in [6, 6.07) is 15.7. The van der Waals surface area contributed by atoms with E-state index in [1.54, 1.807) is 16.9 Å². The molecule has 5 heterocycles. The number of aromatic nitrogens is 7. The number of carbonyl (C=O) groups is 1. The lowest BCUT2D eigenvalue weighted by molar-refractivity contribution is 0.0705. The lowest BCUT2D eigenvalue weighted by Gasteiger charge is -2.31. The number of fused-ring (bicyclic) bond motifs is 1. The van der Waals surface area contributed by atoms with Crippen LogP contribution in [0, 0.1) is 6.92 Å². The smallest absolute Gasteiger partial charge is 0.276 e. The number of para-hydroxylation sites is 1. The van der Waals surface area contributed by atoms with Crippen LogP contribution in [0.25, 0.3) is 11.3 Å². The predicted octanol–water partition coefficient (Wildman–Crippen LogP) is 4.41. The van der Waals surface area contributed by atoms with Crippen molar-refractivity contribution in [1.29, 1.82) is 0 Å². The molecule has 0 bridgehead atoms. The number of halogens is 1. The van der Waals surface area contributed by atoms with Crippen LogP contribution in [0.15, 0.2) is 71.6 Å². The molecule has 0 saturated carbocycles. The third-order valence-corrected chi connectivity index (χ3v) is 7.38. The van der Waals surface area contributed by atoms with Gasteiger partial charge in [-0.1, -0.05) is 24.3 Å². The minimum Gasteiger partial charge on any atom is -0.366 e. The van der Waals surface area contributed by atoms with E-state index >= 15 is 0 Å². The Hall–Kier alpha value is -4.12. The first kappa shape index (κ1) is 24.2. The number of amides is 1. The van der Waals surface area contributed by atoms with Crippen LogP contribution >= 0.6 is 15.9 Å². The SMILES string of the molecule is Cc1nn(-c2ccccc2)nc1C(=O)N1CCC(c2cc(NCc3cccnc3)n3ncc(Br)c3n2)CC1. The van der Waals surface area contributed by atoms with Crippen LogP contribution in [0.5, 0.6) is 0 Å². The molecule has 0 spiro atoms. The zero-order valence-corrected chi connectivity index (χ0v) is 22.4. The fraction of sp³-hybridized carbons (Fsp3) is 0.259. The van der Waals surface area contributed by atoms with E-state index in [-0.39, 0.29) is 11.8 Å². The molecule has 1 fully saturated rings. The summed E-state index contributed by atoms with van der Waals surface area (Å²) in [6.07, 6.45) is 7.00. The fourth-order valence-electron chi connectivity index (χ4n) is 4.77. The number of pyridine rings is 1. The van der Waals surface area contributed by atoms with Crippen molar-refractivity contribution in [2.45, 2.75) is 32.2 Å².